The lowest BCUT2D eigenvalue weighted by Crippen LogP contribution is -2.13. The molecule has 24 heavy (non-hydrogen) atoms. The van der Waals surface area contributed by atoms with Gasteiger partial charge in [0.05, 0.1) is 16.2 Å². The van der Waals surface area contributed by atoms with Gasteiger partial charge >= 0.3 is 5.76 Å². The Morgan fingerprint density at radius 2 is 2.08 bits per heavy atom. The van der Waals surface area contributed by atoms with Gasteiger partial charge in [-0.15, -0.1) is 11.3 Å². The molecule has 126 valence electrons. The molecule has 7 nitrogen and oxygen atoms in total. The van der Waals surface area contributed by atoms with Crippen LogP contribution in [0.4, 0.5) is 5.13 Å². The lowest BCUT2D eigenvalue weighted by atomic mass is 10.0. The summed E-state index contributed by atoms with van der Waals surface area (Å²) in [6, 6.07) is 2.58. The number of oxazole rings is 1. The van der Waals surface area contributed by atoms with Crippen LogP contribution in [0.5, 0.6) is 0 Å². The van der Waals surface area contributed by atoms with Gasteiger partial charge in [0.15, 0.2) is 10.7 Å². The van der Waals surface area contributed by atoms with Crippen LogP contribution < -0.4 is 10.5 Å². The van der Waals surface area contributed by atoms with Crippen LogP contribution in [0.15, 0.2) is 26.2 Å². The van der Waals surface area contributed by atoms with Gasteiger partial charge in [-0.3, -0.25) is 9.71 Å². The average Bonchev–Trinajstić information content (AvgIpc) is 3.06. The lowest BCUT2D eigenvalue weighted by molar-refractivity contribution is 0.554. The van der Waals surface area contributed by atoms with Crippen molar-refractivity contribution in [3.05, 3.63) is 38.3 Å². The standard InChI is InChI=1S/C14H12ClN3O4S2/c15-7-5-9-10(22-14(19)17-9)6-12(7)24(20,21)18-13-16-8-3-1-2-4-11(8)23-13/h5-6H,1-4H2,(H,16,18)(H,17,19). The topological polar surface area (TPSA) is 105 Å². The molecular weight excluding hydrogens is 374 g/mol. The van der Waals surface area contributed by atoms with Crippen molar-refractivity contribution in [1.82, 2.24) is 9.97 Å². The van der Waals surface area contributed by atoms with E-state index in [1.54, 1.807) is 0 Å². The number of fused-ring (bicyclic) bond motifs is 2. The zero-order chi connectivity index (χ0) is 16.9. The molecule has 0 fully saturated rings. The van der Waals surface area contributed by atoms with Gasteiger partial charge < -0.3 is 4.42 Å². The van der Waals surface area contributed by atoms with Crippen LogP contribution in [-0.2, 0) is 22.9 Å². The third-order valence-corrected chi connectivity index (χ3v) is 6.84. The van der Waals surface area contributed by atoms with Crippen LogP contribution in [0.2, 0.25) is 5.02 Å². The second kappa shape index (κ2) is 5.61. The van der Waals surface area contributed by atoms with Crippen LogP contribution >= 0.6 is 22.9 Å². The Kier molecular flexibility index (Phi) is 3.66. The molecule has 1 aliphatic rings. The van der Waals surface area contributed by atoms with E-state index < -0.39 is 15.8 Å². The van der Waals surface area contributed by atoms with E-state index in [4.69, 9.17) is 16.0 Å². The number of nitrogens with zero attached hydrogens (tertiary/aromatic N) is 1. The van der Waals surface area contributed by atoms with Gasteiger partial charge in [0, 0.05) is 10.9 Å². The summed E-state index contributed by atoms with van der Waals surface area (Å²) in [5.74, 6) is -0.670. The van der Waals surface area contributed by atoms with E-state index in [-0.39, 0.29) is 15.5 Å². The van der Waals surface area contributed by atoms with E-state index in [1.807, 2.05) is 0 Å². The van der Waals surface area contributed by atoms with Crippen LogP contribution in [0.3, 0.4) is 0 Å². The Bertz CT molecular complexity index is 1070. The largest absolute Gasteiger partial charge is 0.417 e. The number of hydrogen-bond acceptors (Lipinski definition) is 6. The number of sulfonamides is 1. The number of anilines is 1. The zero-order valence-electron chi connectivity index (χ0n) is 12.3. The van der Waals surface area contributed by atoms with Crippen molar-refractivity contribution >= 4 is 49.2 Å². The summed E-state index contributed by atoms with van der Waals surface area (Å²) in [5, 5.41) is 0.321. The van der Waals surface area contributed by atoms with E-state index in [0.717, 1.165) is 36.3 Å². The summed E-state index contributed by atoms with van der Waals surface area (Å²) in [6.07, 6.45) is 3.96. The Morgan fingerprint density at radius 3 is 2.88 bits per heavy atom. The van der Waals surface area contributed by atoms with Crippen molar-refractivity contribution in [3.63, 3.8) is 0 Å². The number of thiazole rings is 1. The van der Waals surface area contributed by atoms with Gasteiger partial charge in [-0.1, -0.05) is 11.6 Å². The van der Waals surface area contributed by atoms with E-state index in [2.05, 4.69) is 14.7 Å². The number of nitrogens with one attached hydrogen (secondary N) is 2. The number of halogens is 1. The predicted molar refractivity (Wildman–Crippen MR) is 91.4 cm³/mol. The summed E-state index contributed by atoms with van der Waals surface area (Å²) >= 11 is 7.41. The first-order valence-electron chi connectivity index (χ1n) is 7.26. The molecule has 0 saturated carbocycles. The molecule has 2 heterocycles. The third-order valence-electron chi connectivity index (χ3n) is 3.83. The molecule has 10 heteroatoms. The number of benzene rings is 1. The quantitative estimate of drug-likeness (QED) is 0.721. The van der Waals surface area contributed by atoms with Crippen molar-refractivity contribution in [3.8, 4) is 0 Å². The fourth-order valence-electron chi connectivity index (χ4n) is 2.72. The van der Waals surface area contributed by atoms with Crippen LogP contribution in [0.25, 0.3) is 11.1 Å². The van der Waals surface area contributed by atoms with Crippen molar-refractivity contribution in [2.24, 2.45) is 0 Å². The van der Waals surface area contributed by atoms with E-state index in [0.29, 0.717) is 10.6 Å². The van der Waals surface area contributed by atoms with Gasteiger partial charge in [-0.25, -0.2) is 18.2 Å². The summed E-state index contributed by atoms with van der Waals surface area (Å²) in [4.78, 5) is 19.0. The monoisotopic (exact) mass is 385 g/mol. The van der Waals surface area contributed by atoms with Crippen LogP contribution in [0, 0.1) is 0 Å². The molecule has 3 aromatic rings. The van der Waals surface area contributed by atoms with Gasteiger partial charge in [0.25, 0.3) is 10.0 Å². The van der Waals surface area contributed by atoms with Crippen molar-refractivity contribution in [1.29, 1.82) is 0 Å². The maximum atomic E-state index is 12.6. The van der Waals surface area contributed by atoms with Gasteiger partial charge in [-0.05, 0) is 31.7 Å². The zero-order valence-corrected chi connectivity index (χ0v) is 14.6. The van der Waals surface area contributed by atoms with E-state index >= 15 is 0 Å². The fourth-order valence-corrected chi connectivity index (χ4v) is 5.55. The number of aromatic amines is 1. The van der Waals surface area contributed by atoms with Gasteiger partial charge in [0.2, 0.25) is 0 Å². The average molecular weight is 386 g/mol. The second-order valence-corrected chi connectivity index (χ2v) is 8.64. The Hall–Kier alpha value is -1.84. The third kappa shape index (κ3) is 2.72. The van der Waals surface area contributed by atoms with Gasteiger partial charge in [0.1, 0.15) is 4.90 Å². The molecule has 0 spiro atoms. The minimum Gasteiger partial charge on any atom is -0.408 e. The van der Waals surface area contributed by atoms with E-state index in [9.17, 15) is 13.2 Å². The first-order chi connectivity index (χ1) is 11.4. The molecular formula is C14H12ClN3O4S2. The molecule has 4 rings (SSSR count). The van der Waals surface area contributed by atoms with Crippen LogP contribution in [0.1, 0.15) is 23.4 Å². The Morgan fingerprint density at radius 1 is 1.29 bits per heavy atom. The molecule has 0 bridgehead atoms. The van der Waals surface area contributed by atoms with Crippen LogP contribution in [-0.4, -0.2) is 18.4 Å². The molecule has 0 unspecified atom stereocenters. The highest BCUT2D eigenvalue weighted by atomic mass is 35.5. The molecule has 2 aromatic heterocycles. The van der Waals surface area contributed by atoms with Crippen molar-refractivity contribution in [2.75, 3.05) is 4.72 Å². The maximum Gasteiger partial charge on any atom is 0.417 e. The number of hydrogen-bond donors (Lipinski definition) is 2. The normalized spacial score (nSPS) is 14.7. The smallest absolute Gasteiger partial charge is 0.408 e. The van der Waals surface area contributed by atoms with Crippen molar-refractivity contribution in [2.45, 2.75) is 30.6 Å². The highest BCUT2D eigenvalue weighted by Crippen LogP contribution is 2.32. The SMILES string of the molecule is O=c1[nH]c2cc(Cl)c(S(=O)(=O)Nc3nc4c(s3)CCCC4)cc2o1. The number of aromatic nitrogens is 2. The molecule has 2 N–H and O–H groups in total. The minimum atomic E-state index is -3.94. The Labute approximate surface area is 145 Å². The van der Waals surface area contributed by atoms with Crippen molar-refractivity contribution < 1.29 is 12.8 Å². The number of H-pyrrole nitrogens is 1. The fraction of sp³-hybridized carbons (Fsp3) is 0.286. The molecule has 0 aliphatic heterocycles. The molecule has 1 aromatic carbocycles. The summed E-state index contributed by atoms with van der Waals surface area (Å²) in [6.45, 7) is 0. The molecule has 0 radical (unpaired) electrons. The Balaban J connectivity index is 1.73. The van der Waals surface area contributed by atoms with E-state index in [1.165, 1.54) is 23.5 Å². The number of rotatable bonds is 3. The molecule has 1 aliphatic carbocycles. The summed E-state index contributed by atoms with van der Waals surface area (Å²) in [7, 11) is -3.94. The molecule has 0 atom stereocenters. The number of aryl methyl sites for hydroxylation is 2. The first-order valence-corrected chi connectivity index (χ1v) is 9.94. The molecule has 0 amide bonds. The summed E-state index contributed by atoms with van der Waals surface area (Å²) in [5.41, 5.74) is 1.43. The second-order valence-electron chi connectivity index (χ2n) is 5.49. The predicted octanol–water partition coefficient (Wildman–Crippen LogP) is 2.91. The minimum absolute atomic E-state index is 0.00614. The lowest BCUT2D eigenvalue weighted by Gasteiger charge is -2.07. The summed E-state index contributed by atoms with van der Waals surface area (Å²) < 4.78 is 32.6. The molecule has 0 saturated heterocycles. The maximum absolute atomic E-state index is 12.6. The highest BCUT2D eigenvalue weighted by Gasteiger charge is 2.23. The highest BCUT2D eigenvalue weighted by molar-refractivity contribution is 7.93. The van der Waals surface area contributed by atoms with Gasteiger partial charge in [-0.2, -0.15) is 0 Å². The first kappa shape index (κ1) is 15.7.